The van der Waals surface area contributed by atoms with Gasteiger partial charge in [0.1, 0.15) is 5.02 Å². The quantitative estimate of drug-likeness (QED) is 0.819. The van der Waals surface area contributed by atoms with E-state index in [1.54, 1.807) is 0 Å². The van der Waals surface area contributed by atoms with Crippen LogP contribution >= 0.6 is 11.6 Å². The lowest BCUT2D eigenvalue weighted by Gasteiger charge is -2.21. The van der Waals surface area contributed by atoms with Crippen molar-refractivity contribution in [2.24, 2.45) is 5.92 Å². The summed E-state index contributed by atoms with van der Waals surface area (Å²) in [6.45, 7) is 4.12. The Hall–Kier alpha value is -1.03. The predicted molar refractivity (Wildman–Crippen MR) is 65.1 cm³/mol. The summed E-state index contributed by atoms with van der Waals surface area (Å²) in [6.07, 6.45) is 4.91. The van der Waals surface area contributed by atoms with Crippen molar-refractivity contribution < 1.29 is 0 Å². The summed E-state index contributed by atoms with van der Waals surface area (Å²) in [5.74, 6) is 1.37. The lowest BCUT2D eigenvalue weighted by molar-refractivity contribution is 0.521. The second-order valence-electron chi connectivity index (χ2n) is 4.39. The Bertz CT molecular complexity index is 418. The van der Waals surface area contributed by atoms with Gasteiger partial charge < -0.3 is 9.88 Å². The van der Waals surface area contributed by atoms with Gasteiger partial charge in [0.15, 0.2) is 5.82 Å². The highest BCUT2D eigenvalue weighted by molar-refractivity contribution is 6.32. The van der Waals surface area contributed by atoms with Crippen LogP contribution in [0, 0.1) is 5.92 Å². The first-order chi connectivity index (χ1) is 7.68. The van der Waals surface area contributed by atoms with Crippen LogP contribution in [0.3, 0.4) is 0 Å². The molecule has 4 nitrogen and oxygen atoms in total. The molecule has 1 unspecified atom stereocenters. The average molecular weight is 242 g/mol. The Morgan fingerprint density at radius 2 is 2.31 bits per heavy atom. The molecule has 1 aromatic rings. The van der Waals surface area contributed by atoms with Gasteiger partial charge in [0.2, 0.25) is 0 Å². The van der Waals surface area contributed by atoms with Gasteiger partial charge in [-0.15, -0.1) is 0 Å². The van der Waals surface area contributed by atoms with Crippen LogP contribution in [-0.2, 0) is 0 Å². The van der Waals surface area contributed by atoms with Crippen molar-refractivity contribution in [1.29, 1.82) is 0 Å². The van der Waals surface area contributed by atoms with E-state index in [1.165, 1.54) is 12.7 Å². The minimum absolute atomic E-state index is 0.206. The van der Waals surface area contributed by atoms with Crippen molar-refractivity contribution in [3.8, 4) is 0 Å². The van der Waals surface area contributed by atoms with E-state index in [1.807, 2.05) is 0 Å². The second-order valence-corrected chi connectivity index (χ2v) is 4.77. The Morgan fingerprint density at radius 3 is 3.12 bits per heavy atom. The zero-order valence-corrected chi connectivity index (χ0v) is 10.1. The lowest BCUT2D eigenvalue weighted by atomic mass is 10.0. The molecular weight excluding hydrogens is 226 g/mol. The van der Waals surface area contributed by atoms with Gasteiger partial charge in [0.05, 0.1) is 6.33 Å². The first-order valence-corrected chi connectivity index (χ1v) is 6.04. The lowest BCUT2D eigenvalue weighted by Crippen LogP contribution is -2.27. The maximum Gasteiger partial charge on any atom is 0.271 e. The van der Waals surface area contributed by atoms with Crippen LogP contribution in [-0.4, -0.2) is 23.1 Å². The molecule has 1 fully saturated rings. The third kappa shape index (κ3) is 2.38. The van der Waals surface area contributed by atoms with Crippen LogP contribution in [0.4, 0.5) is 5.82 Å². The maximum atomic E-state index is 11.4. The molecule has 1 aromatic heterocycles. The largest absolute Gasteiger partial charge is 0.355 e. The molecule has 1 atom stereocenters. The number of aromatic amines is 1. The van der Waals surface area contributed by atoms with E-state index in [9.17, 15) is 4.79 Å². The highest BCUT2D eigenvalue weighted by atomic mass is 35.5. The molecule has 0 bridgehead atoms. The molecule has 0 aromatic carbocycles. The fourth-order valence-electron chi connectivity index (χ4n) is 2.07. The van der Waals surface area contributed by atoms with E-state index in [-0.39, 0.29) is 10.6 Å². The molecule has 0 saturated carbocycles. The van der Waals surface area contributed by atoms with Gasteiger partial charge in [-0.1, -0.05) is 18.5 Å². The molecule has 1 saturated heterocycles. The Balaban J connectivity index is 2.23. The number of aromatic nitrogens is 2. The Kier molecular flexibility index (Phi) is 3.49. The summed E-state index contributed by atoms with van der Waals surface area (Å²) < 4.78 is 0. The molecule has 0 radical (unpaired) electrons. The van der Waals surface area contributed by atoms with E-state index in [0.29, 0.717) is 5.82 Å². The summed E-state index contributed by atoms with van der Waals surface area (Å²) in [4.78, 5) is 20.1. The van der Waals surface area contributed by atoms with E-state index in [4.69, 9.17) is 11.6 Å². The third-order valence-electron chi connectivity index (χ3n) is 3.09. The van der Waals surface area contributed by atoms with Gasteiger partial charge in [0.25, 0.3) is 5.56 Å². The SMILES string of the molecule is CC1CCCN(c2nc[nH]c(=O)c2Cl)CC1. The third-order valence-corrected chi connectivity index (χ3v) is 3.44. The molecule has 2 heterocycles. The van der Waals surface area contributed by atoms with Gasteiger partial charge in [0, 0.05) is 13.1 Å². The van der Waals surface area contributed by atoms with Crippen LogP contribution in [0.5, 0.6) is 0 Å². The van der Waals surface area contributed by atoms with Crippen molar-refractivity contribution in [3.63, 3.8) is 0 Å². The molecule has 0 amide bonds. The van der Waals surface area contributed by atoms with Gasteiger partial charge in [-0.05, 0) is 25.2 Å². The summed E-state index contributed by atoms with van der Waals surface area (Å²) in [5, 5.41) is 0.206. The van der Waals surface area contributed by atoms with Crippen LogP contribution in [0.25, 0.3) is 0 Å². The zero-order valence-electron chi connectivity index (χ0n) is 9.37. The topological polar surface area (TPSA) is 49.0 Å². The molecule has 1 N–H and O–H groups in total. The fourth-order valence-corrected chi connectivity index (χ4v) is 2.29. The van der Waals surface area contributed by atoms with Crippen molar-refractivity contribution in [2.45, 2.75) is 26.2 Å². The first-order valence-electron chi connectivity index (χ1n) is 5.66. The van der Waals surface area contributed by atoms with E-state index >= 15 is 0 Å². The van der Waals surface area contributed by atoms with Crippen molar-refractivity contribution >= 4 is 17.4 Å². The smallest absolute Gasteiger partial charge is 0.271 e. The Morgan fingerprint density at radius 1 is 1.50 bits per heavy atom. The minimum atomic E-state index is -0.260. The molecule has 16 heavy (non-hydrogen) atoms. The fraction of sp³-hybridized carbons (Fsp3) is 0.636. The predicted octanol–water partition coefficient (Wildman–Crippen LogP) is 2.05. The second kappa shape index (κ2) is 4.87. The monoisotopic (exact) mass is 241 g/mol. The average Bonchev–Trinajstić information content (AvgIpc) is 2.47. The molecule has 88 valence electrons. The van der Waals surface area contributed by atoms with Gasteiger partial charge in [-0.25, -0.2) is 4.98 Å². The van der Waals surface area contributed by atoms with Crippen molar-refractivity contribution in [3.05, 3.63) is 21.7 Å². The van der Waals surface area contributed by atoms with Crippen molar-refractivity contribution in [2.75, 3.05) is 18.0 Å². The molecule has 2 rings (SSSR count). The number of nitrogens with one attached hydrogen (secondary N) is 1. The molecule has 1 aliphatic rings. The summed E-state index contributed by atoms with van der Waals surface area (Å²) in [7, 11) is 0. The van der Waals surface area contributed by atoms with Crippen LogP contribution < -0.4 is 10.5 Å². The van der Waals surface area contributed by atoms with Crippen LogP contribution in [0.2, 0.25) is 5.02 Å². The number of halogens is 1. The van der Waals surface area contributed by atoms with Crippen molar-refractivity contribution in [1.82, 2.24) is 9.97 Å². The normalized spacial score (nSPS) is 21.9. The number of rotatable bonds is 1. The number of hydrogen-bond acceptors (Lipinski definition) is 3. The number of hydrogen-bond donors (Lipinski definition) is 1. The summed E-state index contributed by atoms with van der Waals surface area (Å²) in [5.41, 5.74) is -0.260. The van der Waals surface area contributed by atoms with Gasteiger partial charge >= 0.3 is 0 Å². The van der Waals surface area contributed by atoms with E-state index < -0.39 is 0 Å². The highest BCUT2D eigenvalue weighted by Crippen LogP contribution is 2.23. The van der Waals surface area contributed by atoms with Gasteiger partial charge in [-0.3, -0.25) is 4.79 Å². The van der Waals surface area contributed by atoms with E-state index in [2.05, 4.69) is 21.8 Å². The first kappa shape index (κ1) is 11.5. The molecular formula is C11H16ClN3O. The maximum absolute atomic E-state index is 11.4. The Labute approximate surface area is 99.6 Å². The zero-order chi connectivity index (χ0) is 11.5. The molecule has 0 aliphatic carbocycles. The number of H-pyrrole nitrogens is 1. The van der Waals surface area contributed by atoms with E-state index in [0.717, 1.165) is 31.8 Å². The highest BCUT2D eigenvalue weighted by Gasteiger charge is 2.18. The molecule has 5 heteroatoms. The van der Waals surface area contributed by atoms with Crippen LogP contribution in [0.1, 0.15) is 26.2 Å². The molecule has 0 spiro atoms. The molecule has 1 aliphatic heterocycles. The van der Waals surface area contributed by atoms with Crippen LogP contribution in [0.15, 0.2) is 11.1 Å². The number of nitrogens with zero attached hydrogens (tertiary/aromatic N) is 2. The number of anilines is 1. The minimum Gasteiger partial charge on any atom is -0.355 e. The standard InChI is InChI=1S/C11H16ClN3O/c1-8-3-2-5-15(6-4-8)10-9(12)11(16)14-7-13-10/h7-8H,2-6H2,1H3,(H,13,14,16). The summed E-state index contributed by atoms with van der Waals surface area (Å²) in [6, 6.07) is 0. The van der Waals surface area contributed by atoms with Gasteiger partial charge in [-0.2, -0.15) is 0 Å². The summed E-state index contributed by atoms with van der Waals surface area (Å²) >= 11 is 5.97.